The molecule has 0 saturated carbocycles. The van der Waals surface area contributed by atoms with Crippen molar-refractivity contribution in [3.05, 3.63) is 30.6 Å². The number of aromatic nitrogens is 1. The van der Waals surface area contributed by atoms with Crippen LogP contribution in [-0.4, -0.2) is 31.7 Å². The fraction of sp³-hybridized carbons (Fsp3) is 0.909. The summed E-state index contributed by atoms with van der Waals surface area (Å²) in [5, 5.41) is 0. The van der Waals surface area contributed by atoms with Gasteiger partial charge < -0.3 is 29.3 Å². The summed E-state index contributed by atoms with van der Waals surface area (Å²) in [4.78, 5) is 0. The molecule has 1 aromatic rings. The Morgan fingerprint density at radius 2 is 0.475 bits per heavy atom. The monoisotopic (exact) mass is 869 g/mol. The molecular weight excluding hydrogens is 760 g/mol. The van der Waals surface area contributed by atoms with Crippen molar-refractivity contribution in [3.8, 4) is 0 Å². The molecule has 0 aliphatic carbocycles. The van der Waals surface area contributed by atoms with Crippen molar-refractivity contribution in [1.82, 2.24) is 0 Å². The van der Waals surface area contributed by atoms with Gasteiger partial charge in [-0.3, -0.25) is 0 Å². The maximum Gasteiger partial charge on any atom is 0.168 e. The van der Waals surface area contributed by atoms with Crippen LogP contribution in [0.3, 0.4) is 0 Å². The van der Waals surface area contributed by atoms with Gasteiger partial charge in [-0.25, -0.2) is 4.57 Å². The first-order valence-electron chi connectivity index (χ1n) is 26.8. The van der Waals surface area contributed by atoms with Crippen molar-refractivity contribution in [3.63, 3.8) is 0 Å². The van der Waals surface area contributed by atoms with Crippen LogP contribution in [0, 0.1) is 0 Å². The van der Waals surface area contributed by atoms with Crippen LogP contribution in [0.2, 0.25) is 0 Å². The molecule has 0 atom stereocenters. The molecule has 0 spiro atoms. The average Bonchev–Trinajstić information content (AvgIpc) is 3.22. The van der Waals surface area contributed by atoms with Crippen molar-refractivity contribution in [2.24, 2.45) is 0 Å². The van der Waals surface area contributed by atoms with Gasteiger partial charge in [-0.15, -0.1) is 0 Å². The Kier molecular flexibility index (Phi) is 57.5. The molecule has 0 unspecified atom stereocenters. The predicted octanol–water partition coefficient (Wildman–Crippen LogP) is 12.5. The predicted molar refractivity (Wildman–Crippen MR) is 259 cm³/mol. The highest BCUT2D eigenvalue weighted by molar-refractivity contribution is 4.83. The number of hydrogen-bond donors (Lipinski definition) is 0. The largest absolute Gasteiger partial charge is 1.00 e. The maximum atomic E-state index is 2.47. The fourth-order valence-corrected chi connectivity index (χ4v) is 8.65. The van der Waals surface area contributed by atoms with E-state index in [2.05, 4.69) is 70.0 Å². The van der Waals surface area contributed by atoms with Gasteiger partial charge in [0.05, 0.1) is 27.2 Å². The van der Waals surface area contributed by atoms with E-state index in [1.165, 1.54) is 294 Å². The number of pyridine rings is 1. The van der Waals surface area contributed by atoms with E-state index in [0.29, 0.717) is 0 Å². The van der Waals surface area contributed by atoms with E-state index >= 15 is 0 Å². The zero-order chi connectivity index (χ0) is 41.4. The Hall–Kier alpha value is -0.310. The van der Waals surface area contributed by atoms with Crippen LogP contribution >= 0.6 is 0 Å². The first-order chi connectivity index (χ1) is 28.1. The Balaban J connectivity index is -0.00000131. The van der Waals surface area contributed by atoms with Gasteiger partial charge in [0.2, 0.25) is 0 Å². The minimum Gasteiger partial charge on any atom is -1.00 e. The molecule has 2 nitrogen and oxygen atoms in total. The highest BCUT2D eigenvalue weighted by Crippen LogP contribution is 2.17. The van der Waals surface area contributed by atoms with Crippen molar-refractivity contribution in [1.29, 1.82) is 0 Å². The zero-order valence-electron chi connectivity index (χ0n) is 41.4. The lowest BCUT2D eigenvalue weighted by Crippen LogP contribution is -3.00. The molecule has 59 heavy (non-hydrogen) atoms. The minimum atomic E-state index is 0. The van der Waals surface area contributed by atoms with Crippen molar-refractivity contribution in [2.75, 3.05) is 27.2 Å². The molecule has 0 fully saturated rings. The van der Waals surface area contributed by atoms with Gasteiger partial charge in [0, 0.05) is 18.6 Å². The lowest BCUT2D eigenvalue weighted by molar-refractivity contribution is -0.890. The van der Waals surface area contributed by atoms with Gasteiger partial charge in [0.25, 0.3) is 0 Å². The fourth-order valence-electron chi connectivity index (χ4n) is 8.65. The molecule has 4 heteroatoms. The van der Waals surface area contributed by atoms with Gasteiger partial charge in [0.15, 0.2) is 12.4 Å². The number of aryl methyl sites for hydroxylation is 1. The summed E-state index contributed by atoms with van der Waals surface area (Å²) in [6, 6.07) is 6.29. The van der Waals surface area contributed by atoms with Crippen LogP contribution in [0.1, 0.15) is 290 Å². The van der Waals surface area contributed by atoms with Crippen LogP contribution in [0.5, 0.6) is 0 Å². The minimum absolute atomic E-state index is 0. The molecule has 0 N–H and O–H groups in total. The smallest absolute Gasteiger partial charge is 0.168 e. The number of nitrogens with zero attached hydrogens (tertiary/aromatic N) is 2. The number of hydrogen-bond acceptors (Lipinski definition) is 0. The third-order valence-electron chi connectivity index (χ3n) is 12.8. The quantitative estimate of drug-likeness (QED) is 0.0349. The Morgan fingerprint density at radius 1 is 0.271 bits per heavy atom. The van der Waals surface area contributed by atoms with Crippen LogP contribution < -0.4 is 29.4 Å². The van der Waals surface area contributed by atoms with E-state index in [1.807, 2.05) is 0 Å². The molecule has 0 bridgehead atoms. The van der Waals surface area contributed by atoms with E-state index < -0.39 is 0 Å². The molecule has 0 amide bonds. The second kappa shape index (κ2) is 53.8. The lowest BCUT2D eigenvalue weighted by Gasteiger charge is -2.30. The maximum absolute atomic E-state index is 2.47. The van der Waals surface area contributed by atoms with Crippen LogP contribution in [0.15, 0.2) is 30.6 Å². The number of rotatable bonds is 45. The molecule has 354 valence electrons. The van der Waals surface area contributed by atoms with E-state index in [0.717, 1.165) is 0 Å². The molecular formula is C55H110Cl2N2. The molecule has 0 aliphatic heterocycles. The van der Waals surface area contributed by atoms with Crippen LogP contribution in [0.4, 0.5) is 0 Å². The first-order valence-corrected chi connectivity index (χ1v) is 26.8. The highest BCUT2D eigenvalue weighted by atomic mass is 35.5. The Labute approximate surface area is 386 Å². The zero-order valence-corrected chi connectivity index (χ0v) is 42.9. The summed E-state index contributed by atoms with van der Waals surface area (Å²) in [5.41, 5.74) is 0. The van der Waals surface area contributed by atoms with E-state index in [4.69, 9.17) is 0 Å². The third kappa shape index (κ3) is 53.8. The Bertz CT molecular complexity index is 809. The van der Waals surface area contributed by atoms with Crippen molar-refractivity contribution >= 4 is 0 Å². The average molecular weight is 870 g/mol. The molecule has 1 heterocycles. The molecule has 1 rings (SSSR count). The van der Waals surface area contributed by atoms with E-state index in [-0.39, 0.29) is 24.8 Å². The summed E-state index contributed by atoms with van der Waals surface area (Å²) in [6.45, 7) is 10.9. The number of quaternary nitrogens is 1. The molecule has 1 aromatic heterocycles. The van der Waals surface area contributed by atoms with Gasteiger partial charge >= 0.3 is 0 Å². The van der Waals surface area contributed by atoms with E-state index in [9.17, 15) is 0 Å². The third-order valence-corrected chi connectivity index (χ3v) is 12.8. The number of halogens is 2. The van der Waals surface area contributed by atoms with E-state index in [1.54, 1.807) is 0 Å². The van der Waals surface area contributed by atoms with Gasteiger partial charge in [0.1, 0.15) is 6.54 Å². The molecule has 0 saturated heterocycles. The molecule has 0 aromatic carbocycles. The summed E-state index contributed by atoms with van der Waals surface area (Å²) in [5.74, 6) is 0. The van der Waals surface area contributed by atoms with Crippen molar-refractivity contribution < 1.29 is 33.9 Å². The number of unbranched alkanes of at least 4 members (excludes halogenated alkanes) is 39. The summed E-state index contributed by atoms with van der Waals surface area (Å²) < 4.78 is 3.53. The second-order valence-electron chi connectivity index (χ2n) is 19.3. The van der Waals surface area contributed by atoms with Gasteiger partial charge in [-0.05, 0) is 32.1 Å². The standard InChI is InChI=1S/C38H80N.C17H30N.2ClH/c1-5-7-9-11-13-15-17-19-21-23-25-27-29-31-33-35-37-39(3,4)38-36-34-32-30-28-26-24-22-20-18-16-14-12-10-8-6-2;1-2-3-4-5-6-7-8-9-10-12-15-18-16-13-11-14-17-18;;/h5-38H2,1-4H3;11,13-14,16-17H,2-10,12,15H2,1H3;2*1H/q2*+1;;/p-2. The van der Waals surface area contributed by atoms with Crippen molar-refractivity contribution in [2.45, 2.75) is 297 Å². The summed E-state index contributed by atoms with van der Waals surface area (Å²) in [7, 11) is 4.94. The Morgan fingerprint density at radius 3 is 0.712 bits per heavy atom. The SMILES string of the molecule is CCCCCCCCCCCCCCCCCC[N+](C)(C)CCCCCCCCCCCCCCCCCC.CCCCCCCCCCCC[n+]1ccccc1.[Cl-].[Cl-]. The highest BCUT2D eigenvalue weighted by Gasteiger charge is 2.13. The topological polar surface area (TPSA) is 3.88 Å². The second-order valence-corrected chi connectivity index (χ2v) is 19.3. The van der Waals surface area contributed by atoms with Gasteiger partial charge in [-0.1, -0.05) is 258 Å². The van der Waals surface area contributed by atoms with Crippen LogP contribution in [-0.2, 0) is 6.54 Å². The normalized spacial score (nSPS) is 11.2. The summed E-state index contributed by atoms with van der Waals surface area (Å²) >= 11 is 0. The summed E-state index contributed by atoms with van der Waals surface area (Å²) in [6.07, 6.45) is 65.4. The van der Waals surface area contributed by atoms with Crippen LogP contribution in [0.25, 0.3) is 0 Å². The molecule has 0 aliphatic rings. The molecule has 0 radical (unpaired) electrons. The van der Waals surface area contributed by atoms with Gasteiger partial charge in [-0.2, -0.15) is 0 Å². The first kappa shape index (κ1) is 63.0. The lowest BCUT2D eigenvalue weighted by atomic mass is 10.0.